The normalized spacial score (nSPS) is 12.1. The summed E-state index contributed by atoms with van der Waals surface area (Å²) in [7, 11) is 3.60. The topological polar surface area (TPSA) is 83.5 Å². The molecule has 0 saturated carbocycles. The molecule has 0 aliphatic heterocycles. The van der Waals surface area contributed by atoms with Crippen LogP contribution in [-0.2, 0) is 7.05 Å². The molecule has 0 bridgehead atoms. The zero-order chi connectivity index (χ0) is 19.5. The number of hydrogen-bond acceptors (Lipinski definition) is 7. The summed E-state index contributed by atoms with van der Waals surface area (Å²) in [5.41, 5.74) is 1.87. The Balaban J connectivity index is 1.59. The first-order valence-electron chi connectivity index (χ1n) is 8.71. The SMILES string of the molecule is COc1cccc(-c2nnc(S[C@@H](C)c3nnnn3-c3ccccc3)n2C)c1. The minimum Gasteiger partial charge on any atom is -0.497 e. The Bertz CT molecular complexity index is 1080. The molecule has 9 heteroatoms. The monoisotopic (exact) mass is 393 g/mol. The van der Waals surface area contributed by atoms with Gasteiger partial charge in [-0.15, -0.1) is 15.3 Å². The minimum atomic E-state index is -0.0173. The Labute approximate surface area is 166 Å². The Morgan fingerprint density at radius 3 is 2.61 bits per heavy atom. The van der Waals surface area contributed by atoms with Gasteiger partial charge < -0.3 is 9.30 Å². The molecule has 0 N–H and O–H groups in total. The third-order valence-electron chi connectivity index (χ3n) is 4.30. The standard InChI is InChI=1S/C19H19N7OS/c1-13(17-21-23-24-26(17)15-9-5-4-6-10-15)28-19-22-20-18(25(19)2)14-8-7-11-16(12-14)27-3/h4-13H,1-3H3/t13-/m0/s1. The Kier molecular flexibility index (Phi) is 5.07. The van der Waals surface area contributed by atoms with Gasteiger partial charge >= 0.3 is 0 Å². The highest BCUT2D eigenvalue weighted by atomic mass is 32.2. The van der Waals surface area contributed by atoms with Crippen LogP contribution in [0.3, 0.4) is 0 Å². The van der Waals surface area contributed by atoms with Crippen LogP contribution in [-0.4, -0.2) is 42.1 Å². The van der Waals surface area contributed by atoms with Gasteiger partial charge in [-0.1, -0.05) is 42.1 Å². The lowest BCUT2D eigenvalue weighted by molar-refractivity contribution is 0.415. The van der Waals surface area contributed by atoms with E-state index >= 15 is 0 Å². The molecule has 0 radical (unpaired) electrons. The van der Waals surface area contributed by atoms with E-state index in [2.05, 4.69) is 32.6 Å². The van der Waals surface area contributed by atoms with Crippen molar-refractivity contribution in [3.63, 3.8) is 0 Å². The van der Waals surface area contributed by atoms with Crippen LogP contribution in [0.5, 0.6) is 5.75 Å². The van der Waals surface area contributed by atoms with Gasteiger partial charge in [0.2, 0.25) is 0 Å². The second-order valence-corrected chi connectivity index (χ2v) is 7.45. The van der Waals surface area contributed by atoms with Crippen LogP contribution in [0.4, 0.5) is 0 Å². The molecule has 0 aliphatic carbocycles. The summed E-state index contributed by atoms with van der Waals surface area (Å²) in [5.74, 6) is 2.31. The van der Waals surface area contributed by atoms with E-state index in [9.17, 15) is 0 Å². The average molecular weight is 393 g/mol. The maximum absolute atomic E-state index is 5.30. The number of para-hydroxylation sites is 1. The number of nitrogens with zero attached hydrogens (tertiary/aromatic N) is 7. The molecule has 0 unspecified atom stereocenters. The van der Waals surface area contributed by atoms with Crippen molar-refractivity contribution in [2.24, 2.45) is 7.05 Å². The predicted molar refractivity (Wildman–Crippen MR) is 106 cm³/mol. The molecule has 4 aromatic rings. The molecular formula is C19H19N7OS. The summed E-state index contributed by atoms with van der Waals surface area (Å²) in [6.45, 7) is 2.05. The number of rotatable bonds is 6. The van der Waals surface area contributed by atoms with Crippen molar-refractivity contribution in [3.05, 3.63) is 60.4 Å². The van der Waals surface area contributed by atoms with Crippen LogP contribution in [0, 0.1) is 0 Å². The number of hydrogen-bond donors (Lipinski definition) is 0. The summed E-state index contributed by atoms with van der Waals surface area (Å²) in [5, 5.41) is 21.7. The molecule has 142 valence electrons. The molecule has 1 atom stereocenters. The van der Waals surface area contributed by atoms with E-state index in [1.165, 1.54) is 0 Å². The lowest BCUT2D eigenvalue weighted by atomic mass is 10.2. The van der Waals surface area contributed by atoms with Gasteiger partial charge in [-0.3, -0.25) is 0 Å². The van der Waals surface area contributed by atoms with E-state index in [0.29, 0.717) is 0 Å². The molecule has 8 nitrogen and oxygen atoms in total. The Morgan fingerprint density at radius 2 is 1.82 bits per heavy atom. The molecule has 2 heterocycles. The predicted octanol–water partition coefficient (Wildman–Crippen LogP) is 3.32. The van der Waals surface area contributed by atoms with Crippen molar-refractivity contribution < 1.29 is 4.74 Å². The van der Waals surface area contributed by atoms with Crippen molar-refractivity contribution >= 4 is 11.8 Å². The largest absolute Gasteiger partial charge is 0.497 e. The highest BCUT2D eigenvalue weighted by molar-refractivity contribution is 7.99. The summed E-state index contributed by atoms with van der Waals surface area (Å²) in [4.78, 5) is 0. The second kappa shape index (κ2) is 7.81. The number of tetrazole rings is 1. The van der Waals surface area contributed by atoms with Gasteiger partial charge in [0, 0.05) is 12.6 Å². The molecule has 0 spiro atoms. The lowest BCUT2D eigenvalue weighted by Crippen LogP contribution is -2.05. The fourth-order valence-corrected chi connectivity index (χ4v) is 3.74. The van der Waals surface area contributed by atoms with Gasteiger partial charge in [-0.05, 0) is 41.6 Å². The highest BCUT2D eigenvalue weighted by Crippen LogP contribution is 2.34. The van der Waals surface area contributed by atoms with Crippen LogP contribution in [0.25, 0.3) is 17.1 Å². The highest BCUT2D eigenvalue weighted by Gasteiger charge is 2.21. The van der Waals surface area contributed by atoms with E-state index in [0.717, 1.165) is 33.8 Å². The van der Waals surface area contributed by atoms with E-state index in [4.69, 9.17) is 4.74 Å². The number of benzene rings is 2. The third kappa shape index (κ3) is 3.48. The maximum Gasteiger partial charge on any atom is 0.191 e. The van der Waals surface area contributed by atoms with Gasteiger partial charge in [-0.25, -0.2) is 0 Å². The maximum atomic E-state index is 5.30. The van der Waals surface area contributed by atoms with E-state index < -0.39 is 0 Å². The Hall–Kier alpha value is -3.20. The minimum absolute atomic E-state index is 0.0173. The van der Waals surface area contributed by atoms with Gasteiger partial charge in [0.15, 0.2) is 16.8 Å². The molecule has 0 aliphatic rings. The molecule has 28 heavy (non-hydrogen) atoms. The molecular weight excluding hydrogens is 374 g/mol. The van der Waals surface area contributed by atoms with E-state index in [1.54, 1.807) is 23.6 Å². The van der Waals surface area contributed by atoms with Gasteiger partial charge in [-0.2, -0.15) is 4.68 Å². The first-order valence-corrected chi connectivity index (χ1v) is 9.59. The van der Waals surface area contributed by atoms with Gasteiger partial charge in [0.1, 0.15) is 5.75 Å². The third-order valence-corrected chi connectivity index (χ3v) is 5.43. The van der Waals surface area contributed by atoms with Crippen LogP contribution in [0.2, 0.25) is 0 Å². The number of methoxy groups -OCH3 is 1. The lowest BCUT2D eigenvalue weighted by Gasteiger charge is -2.11. The zero-order valence-corrected chi connectivity index (χ0v) is 16.5. The summed E-state index contributed by atoms with van der Waals surface area (Å²) >= 11 is 1.56. The number of thioether (sulfide) groups is 1. The van der Waals surface area contributed by atoms with Crippen LogP contribution < -0.4 is 4.74 Å². The molecule has 2 aromatic heterocycles. The average Bonchev–Trinajstić information content (AvgIpc) is 3.36. The first kappa shape index (κ1) is 18.2. The first-order chi connectivity index (χ1) is 13.7. The van der Waals surface area contributed by atoms with Crippen LogP contribution in [0.1, 0.15) is 18.0 Å². The molecule has 0 saturated heterocycles. The van der Waals surface area contributed by atoms with E-state index in [-0.39, 0.29) is 5.25 Å². The molecule has 0 fully saturated rings. The quantitative estimate of drug-likeness (QED) is 0.465. The number of aromatic nitrogens is 7. The summed E-state index contributed by atoms with van der Waals surface area (Å²) in [6.07, 6.45) is 0. The van der Waals surface area contributed by atoms with Crippen LogP contribution >= 0.6 is 11.8 Å². The summed E-state index contributed by atoms with van der Waals surface area (Å²) < 4.78 is 9.02. The zero-order valence-electron chi connectivity index (χ0n) is 15.7. The fourth-order valence-electron chi connectivity index (χ4n) is 2.84. The van der Waals surface area contributed by atoms with E-state index in [1.807, 2.05) is 66.2 Å². The molecule has 2 aromatic carbocycles. The smallest absolute Gasteiger partial charge is 0.191 e. The van der Waals surface area contributed by atoms with Crippen molar-refractivity contribution in [1.29, 1.82) is 0 Å². The molecule has 0 amide bonds. The van der Waals surface area contributed by atoms with Crippen molar-refractivity contribution in [2.45, 2.75) is 17.3 Å². The summed E-state index contributed by atoms with van der Waals surface area (Å²) in [6, 6.07) is 17.6. The fraction of sp³-hybridized carbons (Fsp3) is 0.211. The van der Waals surface area contributed by atoms with Gasteiger partial charge in [0.25, 0.3) is 0 Å². The van der Waals surface area contributed by atoms with Crippen molar-refractivity contribution in [3.8, 4) is 22.8 Å². The Morgan fingerprint density at radius 1 is 1.00 bits per heavy atom. The molecule has 4 rings (SSSR count). The number of ether oxygens (including phenoxy) is 1. The van der Waals surface area contributed by atoms with Crippen molar-refractivity contribution in [1.82, 2.24) is 35.0 Å². The van der Waals surface area contributed by atoms with Crippen LogP contribution in [0.15, 0.2) is 59.8 Å². The van der Waals surface area contributed by atoms with Gasteiger partial charge in [0.05, 0.1) is 18.0 Å². The second-order valence-electron chi connectivity index (χ2n) is 6.14. The van der Waals surface area contributed by atoms with Crippen molar-refractivity contribution in [2.75, 3.05) is 7.11 Å².